The van der Waals surface area contributed by atoms with Crippen LogP contribution in [0.2, 0.25) is 0 Å². The smallest absolute Gasteiger partial charge is 0.0468 e. The van der Waals surface area contributed by atoms with Crippen LogP contribution in [0.4, 0.5) is 17.1 Å². The second kappa shape index (κ2) is 12.6. The topological polar surface area (TPSA) is 3.24 Å². The van der Waals surface area contributed by atoms with E-state index in [1.807, 2.05) is 0 Å². The molecule has 284 valence electrons. The highest BCUT2D eigenvalue weighted by Crippen LogP contribution is 2.68. The number of hydrogen-bond donors (Lipinski definition) is 0. The Bertz CT molecular complexity index is 2770. The minimum Gasteiger partial charge on any atom is -0.310 e. The molecule has 7 aromatic carbocycles. The van der Waals surface area contributed by atoms with Crippen molar-refractivity contribution in [2.75, 3.05) is 4.90 Å². The second-order valence-corrected chi connectivity index (χ2v) is 19.1. The van der Waals surface area contributed by atoms with E-state index in [1.54, 1.807) is 16.7 Å². The summed E-state index contributed by atoms with van der Waals surface area (Å²) in [6.45, 7) is 0. The average molecular weight is 750 g/mol. The summed E-state index contributed by atoms with van der Waals surface area (Å²) < 4.78 is 0. The Labute approximate surface area is 343 Å². The molecule has 0 radical (unpaired) electrons. The first-order chi connectivity index (χ1) is 28.7. The third kappa shape index (κ3) is 4.59. The molecular weight excluding hydrogens is 699 g/mol. The van der Waals surface area contributed by atoms with E-state index in [-0.39, 0.29) is 10.8 Å². The lowest BCUT2D eigenvalue weighted by atomic mass is 9.51. The molecule has 5 unspecified atom stereocenters. The maximum atomic E-state index is 2.61. The summed E-state index contributed by atoms with van der Waals surface area (Å²) in [5.41, 5.74) is 18.7. The van der Waals surface area contributed by atoms with Crippen LogP contribution in [-0.2, 0) is 10.8 Å². The zero-order valence-electron chi connectivity index (χ0n) is 33.5. The van der Waals surface area contributed by atoms with Crippen molar-refractivity contribution in [2.24, 2.45) is 23.7 Å². The van der Waals surface area contributed by atoms with Crippen molar-refractivity contribution in [3.63, 3.8) is 0 Å². The molecule has 0 saturated heterocycles. The van der Waals surface area contributed by atoms with Gasteiger partial charge in [0, 0.05) is 27.9 Å². The lowest BCUT2D eigenvalue weighted by Crippen LogP contribution is -2.48. The molecule has 4 bridgehead atoms. The van der Waals surface area contributed by atoms with Gasteiger partial charge < -0.3 is 4.90 Å². The van der Waals surface area contributed by atoms with Crippen LogP contribution in [0.5, 0.6) is 0 Å². The highest BCUT2D eigenvalue weighted by molar-refractivity contribution is 5.98. The molecule has 7 aliphatic carbocycles. The third-order valence-corrected chi connectivity index (χ3v) is 16.5. The quantitative estimate of drug-likeness (QED) is 0.173. The molecule has 5 saturated carbocycles. The van der Waals surface area contributed by atoms with Gasteiger partial charge in [0.1, 0.15) is 0 Å². The first-order valence-electron chi connectivity index (χ1n) is 22.6. The predicted molar refractivity (Wildman–Crippen MR) is 241 cm³/mol. The highest BCUT2D eigenvalue weighted by atomic mass is 15.1. The number of anilines is 3. The van der Waals surface area contributed by atoms with E-state index < -0.39 is 0 Å². The first-order valence-corrected chi connectivity index (χ1v) is 22.6. The zero-order valence-corrected chi connectivity index (χ0v) is 33.5. The van der Waals surface area contributed by atoms with E-state index in [0.717, 1.165) is 23.7 Å². The maximum absolute atomic E-state index is 2.61. The molecular formula is C57H51N. The van der Waals surface area contributed by atoms with E-state index in [1.165, 1.54) is 137 Å². The fraction of sp³-hybridized carbons (Fsp3) is 0.298. The number of benzene rings is 7. The van der Waals surface area contributed by atoms with E-state index in [9.17, 15) is 0 Å². The average Bonchev–Trinajstić information content (AvgIpc) is 3.60. The van der Waals surface area contributed by atoms with Gasteiger partial charge in [-0.1, -0.05) is 141 Å². The normalized spacial score (nSPS) is 25.4. The Balaban J connectivity index is 1.02. The summed E-state index contributed by atoms with van der Waals surface area (Å²) in [5, 5.41) is 2.58. The van der Waals surface area contributed by atoms with Crippen molar-refractivity contribution in [1.82, 2.24) is 0 Å². The fourth-order valence-electron chi connectivity index (χ4n) is 14.4. The molecule has 0 heterocycles. The number of rotatable bonds is 4. The van der Waals surface area contributed by atoms with Crippen molar-refractivity contribution in [3.05, 3.63) is 174 Å². The summed E-state index contributed by atoms with van der Waals surface area (Å²) >= 11 is 0. The zero-order chi connectivity index (χ0) is 38.0. The van der Waals surface area contributed by atoms with Crippen molar-refractivity contribution in [3.8, 4) is 33.4 Å². The lowest BCUT2D eigenvalue weighted by Gasteiger charge is -2.53. The van der Waals surface area contributed by atoms with Crippen LogP contribution >= 0.6 is 0 Å². The van der Waals surface area contributed by atoms with E-state index in [0.29, 0.717) is 0 Å². The molecule has 7 aliphatic rings. The Morgan fingerprint density at radius 2 is 1.07 bits per heavy atom. The third-order valence-electron chi connectivity index (χ3n) is 16.5. The molecule has 1 heteroatoms. The summed E-state index contributed by atoms with van der Waals surface area (Å²) in [4.78, 5) is 2.60. The van der Waals surface area contributed by atoms with Crippen molar-refractivity contribution in [1.29, 1.82) is 0 Å². The van der Waals surface area contributed by atoms with E-state index in [4.69, 9.17) is 0 Å². The van der Waals surface area contributed by atoms with Gasteiger partial charge in [-0.15, -0.1) is 0 Å². The molecule has 5 atom stereocenters. The van der Waals surface area contributed by atoms with Gasteiger partial charge in [-0.3, -0.25) is 0 Å². The van der Waals surface area contributed by atoms with Crippen LogP contribution in [-0.4, -0.2) is 0 Å². The van der Waals surface area contributed by atoms with Crippen LogP contribution in [0.15, 0.2) is 152 Å². The standard InChI is InChI=1S/C57H51N/c1-8-28-56(29-9-1)52-20-6-4-17-48(52)50-26-24-45(36-55(50)56)58(43-15-10-14-40(34-43)47-19-11-13-39-12-2-3-16-46(39)47)44-25-27-54-51(35-44)49-18-5-7-21-53(49)57(54)41-23-22-37-30-38(32-41)33-42(57)31-37/h2-7,10-21,24-27,34-38,41-42H,1,8-9,22-23,28-33H2. The molecule has 0 aromatic heterocycles. The Morgan fingerprint density at radius 3 is 1.98 bits per heavy atom. The predicted octanol–water partition coefficient (Wildman–Crippen LogP) is 15.3. The SMILES string of the molecule is c1cc(-c2cccc3ccccc23)cc(N(c2ccc3c(c2)-c2ccccc2C32C3CCC4CC(C3)CC2C4)c2ccc3c(c2)C2(CCCCC2)c2ccccc2-3)c1. The van der Waals surface area contributed by atoms with Gasteiger partial charge in [-0.05, 0) is 171 Å². The molecule has 2 spiro atoms. The van der Waals surface area contributed by atoms with Crippen molar-refractivity contribution < 1.29 is 0 Å². The van der Waals surface area contributed by atoms with E-state index in [2.05, 4.69) is 157 Å². The summed E-state index contributed by atoms with van der Waals surface area (Å²) in [7, 11) is 0. The van der Waals surface area contributed by atoms with E-state index >= 15 is 0 Å². The second-order valence-electron chi connectivity index (χ2n) is 19.1. The molecule has 0 amide bonds. The van der Waals surface area contributed by atoms with Crippen molar-refractivity contribution in [2.45, 2.75) is 81.5 Å². The minimum atomic E-state index is 0.0951. The van der Waals surface area contributed by atoms with Gasteiger partial charge in [0.2, 0.25) is 0 Å². The minimum absolute atomic E-state index is 0.0951. The maximum Gasteiger partial charge on any atom is 0.0468 e. The monoisotopic (exact) mass is 749 g/mol. The highest BCUT2D eigenvalue weighted by Gasteiger charge is 2.59. The summed E-state index contributed by atoms with van der Waals surface area (Å²) in [5.74, 6) is 3.35. The van der Waals surface area contributed by atoms with Crippen LogP contribution in [0, 0.1) is 23.7 Å². The van der Waals surface area contributed by atoms with Crippen LogP contribution in [0.1, 0.15) is 92.9 Å². The van der Waals surface area contributed by atoms with Gasteiger partial charge in [-0.25, -0.2) is 0 Å². The number of fused-ring (bicyclic) bond motifs is 10. The Morgan fingerprint density at radius 1 is 0.414 bits per heavy atom. The molecule has 0 aliphatic heterocycles. The molecule has 58 heavy (non-hydrogen) atoms. The van der Waals surface area contributed by atoms with Gasteiger partial charge in [0.15, 0.2) is 0 Å². The van der Waals surface area contributed by atoms with Gasteiger partial charge in [0.05, 0.1) is 0 Å². The molecule has 7 aromatic rings. The summed E-state index contributed by atoms with van der Waals surface area (Å²) in [6.07, 6.45) is 14.9. The van der Waals surface area contributed by atoms with Crippen molar-refractivity contribution >= 4 is 27.8 Å². The van der Waals surface area contributed by atoms with Crippen LogP contribution in [0.25, 0.3) is 44.2 Å². The van der Waals surface area contributed by atoms with Gasteiger partial charge in [-0.2, -0.15) is 0 Å². The molecule has 5 fully saturated rings. The first kappa shape index (κ1) is 33.6. The fourth-order valence-corrected chi connectivity index (χ4v) is 14.4. The molecule has 14 rings (SSSR count). The summed E-state index contributed by atoms with van der Waals surface area (Å²) in [6, 6.07) is 59.1. The molecule has 1 nitrogen and oxygen atoms in total. The Kier molecular flexibility index (Phi) is 7.26. The lowest BCUT2D eigenvalue weighted by molar-refractivity contribution is 0.0618. The van der Waals surface area contributed by atoms with Gasteiger partial charge in [0.25, 0.3) is 0 Å². The van der Waals surface area contributed by atoms with Gasteiger partial charge >= 0.3 is 0 Å². The Hall–Kier alpha value is -5.40. The largest absolute Gasteiger partial charge is 0.310 e. The van der Waals surface area contributed by atoms with Crippen LogP contribution < -0.4 is 4.90 Å². The number of hydrogen-bond acceptors (Lipinski definition) is 1. The number of nitrogens with zero attached hydrogens (tertiary/aromatic N) is 1. The van der Waals surface area contributed by atoms with Crippen LogP contribution in [0.3, 0.4) is 0 Å². The molecule has 0 N–H and O–H groups in total.